The Morgan fingerprint density at radius 2 is 1.71 bits per heavy atom. The van der Waals surface area contributed by atoms with Crippen molar-refractivity contribution in [1.82, 2.24) is 5.32 Å². The van der Waals surface area contributed by atoms with Crippen LogP contribution < -0.4 is 5.32 Å². The third-order valence-electron chi connectivity index (χ3n) is 3.86. The third kappa shape index (κ3) is 4.40. The topological polar surface area (TPSA) is 12.0 Å². The maximum Gasteiger partial charge on any atom is 0.126 e. The Labute approximate surface area is 127 Å². The van der Waals surface area contributed by atoms with Crippen LogP contribution in [0.5, 0.6) is 0 Å². The molecule has 0 spiro atoms. The molecular formula is C19H24FN. The lowest BCUT2D eigenvalue weighted by atomic mass is 10.00. The van der Waals surface area contributed by atoms with Gasteiger partial charge < -0.3 is 5.32 Å². The van der Waals surface area contributed by atoms with E-state index >= 15 is 0 Å². The standard InChI is InChI=1S/C19H24FN/c1-4-19(16-11-9-14(2)10-12-16)21-15(3)13-17-7-5-6-8-18(17)20/h5-12,15,19,21H,4,13H2,1-3H3. The fourth-order valence-electron chi connectivity index (χ4n) is 2.64. The van der Waals surface area contributed by atoms with Gasteiger partial charge in [0, 0.05) is 12.1 Å². The molecule has 2 heteroatoms. The zero-order valence-electron chi connectivity index (χ0n) is 13.1. The molecule has 0 heterocycles. The average Bonchev–Trinajstić information content (AvgIpc) is 2.48. The van der Waals surface area contributed by atoms with E-state index in [0.29, 0.717) is 12.5 Å². The van der Waals surface area contributed by atoms with Gasteiger partial charge in [-0.15, -0.1) is 0 Å². The molecular weight excluding hydrogens is 261 g/mol. The van der Waals surface area contributed by atoms with E-state index in [1.54, 1.807) is 6.07 Å². The first kappa shape index (κ1) is 15.7. The predicted octanol–water partition coefficient (Wildman–Crippen LogP) is 4.81. The summed E-state index contributed by atoms with van der Waals surface area (Å²) in [5, 5.41) is 3.61. The highest BCUT2D eigenvalue weighted by molar-refractivity contribution is 5.24. The molecule has 21 heavy (non-hydrogen) atoms. The Kier molecular flexibility index (Phi) is 5.51. The van der Waals surface area contributed by atoms with Crippen molar-refractivity contribution in [3.63, 3.8) is 0 Å². The maximum absolute atomic E-state index is 13.7. The second-order valence-corrected chi connectivity index (χ2v) is 5.73. The van der Waals surface area contributed by atoms with Gasteiger partial charge in [-0.2, -0.15) is 0 Å². The summed E-state index contributed by atoms with van der Waals surface area (Å²) in [6, 6.07) is 16.2. The van der Waals surface area contributed by atoms with Gasteiger partial charge in [0.1, 0.15) is 5.82 Å². The van der Waals surface area contributed by atoms with Gasteiger partial charge in [0.15, 0.2) is 0 Å². The molecule has 2 aromatic rings. The first-order valence-electron chi connectivity index (χ1n) is 7.66. The minimum Gasteiger partial charge on any atom is -0.307 e. The van der Waals surface area contributed by atoms with Gasteiger partial charge in [-0.05, 0) is 43.9 Å². The molecule has 2 atom stereocenters. The molecule has 1 nitrogen and oxygen atoms in total. The van der Waals surface area contributed by atoms with Crippen molar-refractivity contribution >= 4 is 0 Å². The summed E-state index contributed by atoms with van der Waals surface area (Å²) in [6.45, 7) is 6.38. The Morgan fingerprint density at radius 1 is 1.05 bits per heavy atom. The minimum atomic E-state index is -0.116. The van der Waals surface area contributed by atoms with Crippen LogP contribution in [0.2, 0.25) is 0 Å². The molecule has 0 amide bonds. The van der Waals surface area contributed by atoms with Crippen LogP contribution in [0.1, 0.15) is 43.0 Å². The van der Waals surface area contributed by atoms with E-state index in [4.69, 9.17) is 0 Å². The van der Waals surface area contributed by atoms with Crippen molar-refractivity contribution < 1.29 is 4.39 Å². The van der Waals surface area contributed by atoms with Crippen LogP contribution in [0.25, 0.3) is 0 Å². The smallest absolute Gasteiger partial charge is 0.126 e. The molecule has 2 unspecified atom stereocenters. The molecule has 0 saturated heterocycles. The summed E-state index contributed by atoms with van der Waals surface area (Å²) in [5.74, 6) is -0.116. The summed E-state index contributed by atoms with van der Waals surface area (Å²) in [5.41, 5.74) is 3.34. The van der Waals surface area contributed by atoms with E-state index in [0.717, 1.165) is 12.0 Å². The molecule has 2 rings (SSSR count). The lowest BCUT2D eigenvalue weighted by molar-refractivity contribution is 0.438. The minimum absolute atomic E-state index is 0.116. The van der Waals surface area contributed by atoms with Crippen molar-refractivity contribution in [3.8, 4) is 0 Å². The molecule has 1 N–H and O–H groups in total. The molecule has 0 aliphatic heterocycles. The van der Waals surface area contributed by atoms with E-state index in [9.17, 15) is 4.39 Å². The molecule has 0 radical (unpaired) electrons. The van der Waals surface area contributed by atoms with Crippen LogP contribution in [0.3, 0.4) is 0 Å². The first-order chi connectivity index (χ1) is 10.1. The van der Waals surface area contributed by atoms with Crippen molar-refractivity contribution in [2.24, 2.45) is 0 Å². The van der Waals surface area contributed by atoms with E-state index in [2.05, 4.69) is 50.4 Å². The lowest BCUT2D eigenvalue weighted by Gasteiger charge is -2.23. The highest BCUT2D eigenvalue weighted by Gasteiger charge is 2.14. The third-order valence-corrected chi connectivity index (χ3v) is 3.86. The average molecular weight is 285 g/mol. The SMILES string of the molecule is CCC(NC(C)Cc1ccccc1F)c1ccc(C)cc1. The monoisotopic (exact) mass is 285 g/mol. The largest absolute Gasteiger partial charge is 0.307 e. The summed E-state index contributed by atoms with van der Waals surface area (Å²) in [4.78, 5) is 0. The van der Waals surface area contributed by atoms with E-state index < -0.39 is 0 Å². The normalized spacial score (nSPS) is 13.9. The fraction of sp³-hybridized carbons (Fsp3) is 0.368. The Hall–Kier alpha value is -1.67. The van der Waals surface area contributed by atoms with E-state index in [1.165, 1.54) is 17.2 Å². The molecule has 2 aromatic carbocycles. The van der Waals surface area contributed by atoms with E-state index in [-0.39, 0.29) is 11.9 Å². The van der Waals surface area contributed by atoms with Gasteiger partial charge in [-0.25, -0.2) is 4.39 Å². The number of hydrogen-bond acceptors (Lipinski definition) is 1. The van der Waals surface area contributed by atoms with Crippen molar-refractivity contribution in [3.05, 3.63) is 71.0 Å². The second-order valence-electron chi connectivity index (χ2n) is 5.73. The van der Waals surface area contributed by atoms with Crippen molar-refractivity contribution in [2.75, 3.05) is 0 Å². The van der Waals surface area contributed by atoms with Gasteiger partial charge in [-0.1, -0.05) is 55.0 Å². The number of halogens is 1. The lowest BCUT2D eigenvalue weighted by Crippen LogP contribution is -2.32. The Morgan fingerprint density at radius 3 is 2.33 bits per heavy atom. The fourth-order valence-corrected chi connectivity index (χ4v) is 2.64. The number of benzene rings is 2. The van der Waals surface area contributed by atoms with Crippen LogP contribution in [0, 0.1) is 12.7 Å². The number of nitrogens with one attached hydrogen (secondary N) is 1. The van der Waals surface area contributed by atoms with Gasteiger partial charge in [0.2, 0.25) is 0 Å². The second kappa shape index (κ2) is 7.37. The summed E-state index contributed by atoms with van der Waals surface area (Å²) >= 11 is 0. The van der Waals surface area contributed by atoms with Crippen LogP contribution in [-0.2, 0) is 6.42 Å². The number of rotatable bonds is 6. The molecule has 0 aromatic heterocycles. The maximum atomic E-state index is 13.7. The molecule has 0 aliphatic carbocycles. The summed E-state index contributed by atoms with van der Waals surface area (Å²) in [6.07, 6.45) is 1.72. The highest BCUT2D eigenvalue weighted by atomic mass is 19.1. The van der Waals surface area contributed by atoms with Gasteiger partial charge in [0.05, 0.1) is 0 Å². The van der Waals surface area contributed by atoms with Gasteiger partial charge >= 0.3 is 0 Å². The van der Waals surface area contributed by atoms with Crippen LogP contribution in [0.4, 0.5) is 4.39 Å². The molecule has 0 aliphatic rings. The molecule has 0 bridgehead atoms. The zero-order chi connectivity index (χ0) is 15.2. The van der Waals surface area contributed by atoms with Crippen molar-refractivity contribution in [1.29, 1.82) is 0 Å². The van der Waals surface area contributed by atoms with Crippen LogP contribution >= 0.6 is 0 Å². The summed E-state index contributed by atoms with van der Waals surface area (Å²) in [7, 11) is 0. The Bertz CT molecular complexity index is 562. The number of hydrogen-bond donors (Lipinski definition) is 1. The zero-order valence-corrected chi connectivity index (χ0v) is 13.1. The van der Waals surface area contributed by atoms with Gasteiger partial charge in [0.25, 0.3) is 0 Å². The van der Waals surface area contributed by atoms with Crippen molar-refractivity contribution in [2.45, 2.75) is 45.7 Å². The molecule has 0 saturated carbocycles. The molecule has 0 fully saturated rings. The number of aryl methyl sites for hydroxylation is 1. The Balaban J connectivity index is 2.01. The summed E-state index contributed by atoms with van der Waals surface area (Å²) < 4.78 is 13.7. The van der Waals surface area contributed by atoms with Gasteiger partial charge in [-0.3, -0.25) is 0 Å². The predicted molar refractivity (Wildman–Crippen MR) is 86.9 cm³/mol. The molecule has 112 valence electrons. The van der Waals surface area contributed by atoms with Crippen LogP contribution in [-0.4, -0.2) is 6.04 Å². The first-order valence-corrected chi connectivity index (χ1v) is 7.66. The van der Waals surface area contributed by atoms with E-state index in [1.807, 2.05) is 12.1 Å². The highest BCUT2D eigenvalue weighted by Crippen LogP contribution is 2.19. The quantitative estimate of drug-likeness (QED) is 0.803. The van der Waals surface area contributed by atoms with Crippen LogP contribution in [0.15, 0.2) is 48.5 Å².